The number of anilines is 1. The van der Waals surface area contributed by atoms with Crippen LogP contribution in [0.4, 0.5) is 5.69 Å². The average molecular weight is 179 g/mol. The van der Waals surface area contributed by atoms with E-state index in [1.807, 2.05) is 6.07 Å². The van der Waals surface area contributed by atoms with Gasteiger partial charge in [-0.3, -0.25) is 0 Å². The second kappa shape index (κ2) is 3.70. The molecule has 1 saturated heterocycles. The van der Waals surface area contributed by atoms with Crippen molar-refractivity contribution in [1.29, 1.82) is 0 Å². The first-order valence-electron chi connectivity index (χ1n) is 4.52. The van der Waals surface area contributed by atoms with E-state index >= 15 is 0 Å². The van der Waals surface area contributed by atoms with Gasteiger partial charge in [-0.1, -0.05) is 0 Å². The van der Waals surface area contributed by atoms with E-state index in [2.05, 4.69) is 10.2 Å². The van der Waals surface area contributed by atoms with E-state index in [1.54, 1.807) is 6.20 Å². The zero-order chi connectivity index (χ0) is 9.10. The Hall–Kier alpha value is -1.16. The Bertz CT molecular complexity index is 284. The highest BCUT2D eigenvalue weighted by Crippen LogP contribution is 2.23. The standard InChI is InChI=1S/C9H13N3O/c10-8-4-9(12-11-5-8)7-2-1-3-13-6-7/h4-5,7H,1-3,6H2,(H2,10,12). The van der Waals surface area contributed by atoms with Crippen LogP contribution in [0.1, 0.15) is 24.5 Å². The molecule has 2 heterocycles. The smallest absolute Gasteiger partial charge is 0.0726 e. The predicted octanol–water partition coefficient (Wildman–Crippen LogP) is 0.953. The molecular weight excluding hydrogens is 166 g/mol. The molecule has 1 aliphatic rings. The van der Waals surface area contributed by atoms with Gasteiger partial charge >= 0.3 is 0 Å². The van der Waals surface area contributed by atoms with Gasteiger partial charge in [0.1, 0.15) is 0 Å². The molecule has 13 heavy (non-hydrogen) atoms. The minimum atomic E-state index is 0.379. The van der Waals surface area contributed by atoms with Gasteiger partial charge in [-0.15, -0.1) is 0 Å². The summed E-state index contributed by atoms with van der Waals surface area (Å²) >= 11 is 0. The minimum Gasteiger partial charge on any atom is -0.397 e. The maximum absolute atomic E-state index is 5.62. The van der Waals surface area contributed by atoms with Gasteiger partial charge in [0.2, 0.25) is 0 Å². The van der Waals surface area contributed by atoms with Crippen molar-refractivity contribution in [2.24, 2.45) is 0 Å². The van der Waals surface area contributed by atoms with Crippen molar-refractivity contribution in [2.75, 3.05) is 18.9 Å². The third kappa shape index (κ3) is 1.95. The van der Waals surface area contributed by atoms with Crippen LogP contribution in [0.3, 0.4) is 0 Å². The van der Waals surface area contributed by atoms with Crippen LogP contribution in [0.5, 0.6) is 0 Å². The normalized spacial score (nSPS) is 22.9. The Morgan fingerprint density at radius 1 is 1.54 bits per heavy atom. The number of aromatic nitrogens is 2. The lowest BCUT2D eigenvalue weighted by Gasteiger charge is -2.20. The fraction of sp³-hybridized carbons (Fsp3) is 0.556. The lowest BCUT2D eigenvalue weighted by Crippen LogP contribution is -2.17. The molecule has 4 heteroatoms. The van der Waals surface area contributed by atoms with Crippen LogP contribution in [-0.2, 0) is 4.74 Å². The van der Waals surface area contributed by atoms with Crippen molar-refractivity contribution in [2.45, 2.75) is 18.8 Å². The molecule has 1 unspecified atom stereocenters. The lowest BCUT2D eigenvalue weighted by atomic mass is 9.98. The largest absolute Gasteiger partial charge is 0.397 e. The van der Waals surface area contributed by atoms with Gasteiger partial charge in [0, 0.05) is 12.5 Å². The van der Waals surface area contributed by atoms with Crippen molar-refractivity contribution in [3.05, 3.63) is 18.0 Å². The Morgan fingerprint density at radius 2 is 2.46 bits per heavy atom. The maximum Gasteiger partial charge on any atom is 0.0726 e. The molecular formula is C9H13N3O. The number of nitrogens with zero attached hydrogens (tertiary/aromatic N) is 2. The molecule has 2 rings (SSSR count). The number of hydrogen-bond acceptors (Lipinski definition) is 4. The van der Waals surface area contributed by atoms with E-state index in [0.29, 0.717) is 11.6 Å². The van der Waals surface area contributed by atoms with Gasteiger partial charge in [-0.25, -0.2) is 0 Å². The summed E-state index contributed by atoms with van der Waals surface area (Å²) in [5.41, 5.74) is 7.26. The number of ether oxygens (including phenoxy) is 1. The molecule has 0 aliphatic carbocycles. The van der Waals surface area contributed by atoms with Crippen molar-refractivity contribution in [1.82, 2.24) is 10.2 Å². The number of rotatable bonds is 1. The molecule has 1 aromatic rings. The van der Waals surface area contributed by atoms with Gasteiger partial charge in [0.05, 0.1) is 24.2 Å². The second-order valence-corrected chi connectivity index (χ2v) is 3.33. The summed E-state index contributed by atoms with van der Waals surface area (Å²) < 4.78 is 5.37. The lowest BCUT2D eigenvalue weighted by molar-refractivity contribution is 0.0791. The minimum absolute atomic E-state index is 0.379. The molecule has 1 atom stereocenters. The third-order valence-electron chi connectivity index (χ3n) is 2.27. The molecule has 2 N–H and O–H groups in total. The molecule has 1 aromatic heterocycles. The van der Waals surface area contributed by atoms with Gasteiger partial charge in [-0.2, -0.15) is 10.2 Å². The van der Waals surface area contributed by atoms with Crippen molar-refractivity contribution < 1.29 is 4.74 Å². The first-order valence-corrected chi connectivity index (χ1v) is 4.52. The zero-order valence-corrected chi connectivity index (χ0v) is 7.44. The summed E-state index contributed by atoms with van der Waals surface area (Å²) in [5, 5.41) is 7.88. The van der Waals surface area contributed by atoms with E-state index < -0.39 is 0 Å². The first-order chi connectivity index (χ1) is 6.36. The molecule has 0 radical (unpaired) electrons. The van der Waals surface area contributed by atoms with E-state index in [9.17, 15) is 0 Å². The quantitative estimate of drug-likeness (QED) is 0.697. The molecule has 1 fully saturated rings. The Labute approximate surface area is 77.1 Å². The van der Waals surface area contributed by atoms with Crippen LogP contribution in [0.25, 0.3) is 0 Å². The highest BCUT2D eigenvalue weighted by Gasteiger charge is 2.17. The van der Waals surface area contributed by atoms with Crippen molar-refractivity contribution in [3.8, 4) is 0 Å². The summed E-state index contributed by atoms with van der Waals surface area (Å²) in [6, 6.07) is 1.88. The molecule has 4 nitrogen and oxygen atoms in total. The summed E-state index contributed by atoms with van der Waals surface area (Å²) in [7, 11) is 0. The summed E-state index contributed by atoms with van der Waals surface area (Å²) in [6.07, 6.45) is 3.78. The van der Waals surface area contributed by atoms with E-state index in [0.717, 1.165) is 31.7 Å². The van der Waals surface area contributed by atoms with Gasteiger partial charge in [0.15, 0.2) is 0 Å². The van der Waals surface area contributed by atoms with Crippen LogP contribution >= 0.6 is 0 Å². The van der Waals surface area contributed by atoms with E-state index in [-0.39, 0.29) is 0 Å². The van der Waals surface area contributed by atoms with Crippen LogP contribution in [0.2, 0.25) is 0 Å². The Morgan fingerprint density at radius 3 is 3.15 bits per heavy atom. The van der Waals surface area contributed by atoms with Crippen LogP contribution in [0.15, 0.2) is 12.3 Å². The van der Waals surface area contributed by atoms with Gasteiger partial charge < -0.3 is 10.5 Å². The summed E-state index contributed by atoms with van der Waals surface area (Å²) in [6.45, 7) is 1.62. The maximum atomic E-state index is 5.62. The number of nitrogen functional groups attached to an aromatic ring is 1. The fourth-order valence-corrected chi connectivity index (χ4v) is 1.57. The predicted molar refractivity (Wildman–Crippen MR) is 49.2 cm³/mol. The molecule has 70 valence electrons. The molecule has 0 bridgehead atoms. The number of nitrogens with two attached hydrogens (primary N) is 1. The van der Waals surface area contributed by atoms with Crippen LogP contribution in [0, 0.1) is 0 Å². The van der Waals surface area contributed by atoms with Gasteiger partial charge in [-0.05, 0) is 18.9 Å². The molecule has 0 spiro atoms. The molecule has 1 aliphatic heterocycles. The topological polar surface area (TPSA) is 61.0 Å². The Kier molecular flexibility index (Phi) is 2.40. The highest BCUT2D eigenvalue weighted by molar-refractivity contribution is 5.35. The zero-order valence-electron chi connectivity index (χ0n) is 7.44. The van der Waals surface area contributed by atoms with Gasteiger partial charge in [0.25, 0.3) is 0 Å². The van der Waals surface area contributed by atoms with E-state index in [1.165, 1.54) is 0 Å². The second-order valence-electron chi connectivity index (χ2n) is 3.33. The fourth-order valence-electron chi connectivity index (χ4n) is 1.57. The SMILES string of the molecule is Nc1cnnc(C2CCCOC2)c1. The molecule has 0 amide bonds. The Balaban J connectivity index is 2.14. The third-order valence-corrected chi connectivity index (χ3v) is 2.27. The average Bonchev–Trinajstić information content (AvgIpc) is 2.19. The van der Waals surface area contributed by atoms with Crippen molar-refractivity contribution in [3.63, 3.8) is 0 Å². The van der Waals surface area contributed by atoms with Crippen molar-refractivity contribution >= 4 is 5.69 Å². The summed E-state index contributed by atoms with van der Waals surface area (Å²) in [4.78, 5) is 0. The summed E-state index contributed by atoms with van der Waals surface area (Å²) in [5.74, 6) is 0.379. The highest BCUT2D eigenvalue weighted by atomic mass is 16.5. The van der Waals surface area contributed by atoms with Crippen LogP contribution < -0.4 is 5.73 Å². The van der Waals surface area contributed by atoms with Crippen LogP contribution in [-0.4, -0.2) is 23.4 Å². The van der Waals surface area contributed by atoms with E-state index in [4.69, 9.17) is 10.5 Å². The first kappa shape index (κ1) is 8.44. The molecule has 0 saturated carbocycles. The monoisotopic (exact) mass is 179 g/mol. The molecule has 0 aromatic carbocycles. The number of hydrogen-bond donors (Lipinski definition) is 1.